The number of rotatable bonds is 6. The van der Waals surface area contributed by atoms with E-state index in [1.807, 2.05) is 54.6 Å². The summed E-state index contributed by atoms with van der Waals surface area (Å²) in [5.74, 6) is 0.505. The van der Waals surface area contributed by atoms with Crippen LogP contribution in [0.1, 0.15) is 12.0 Å². The number of benzene rings is 2. The van der Waals surface area contributed by atoms with Crippen LogP contribution in [0.5, 0.6) is 5.88 Å². The third-order valence-corrected chi connectivity index (χ3v) is 4.77. The van der Waals surface area contributed by atoms with Gasteiger partial charge in [0.1, 0.15) is 6.61 Å². The molecule has 7 heteroatoms. The zero-order valence-corrected chi connectivity index (χ0v) is 15.5. The smallest absolute Gasteiger partial charge is 0.410 e. The van der Waals surface area contributed by atoms with E-state index in [4.69, 9.17) is 14.0 Å². The van der Waals surface area contributed by atoms with Crippen molar-refractivity contribution in [3.05, 3.63) is 60.2 Å². The van der Waals surface area contributed by atoms with Crippen LogP contribution >= 0.6 is 0 Å². The molecule has 1 aliphatic rings. The summed E-state index contributed by atoms with van der Waals surface area (Å²) in [6.45, 7) is 2.74. The van der Waals surface area contributed by atoms with Gasteiger partial charge in [0, 0.05) is 25.7 Å². The van der Waals surface area contributed by atoms with E-state index in [2.05, 4.69) is 10.5 Å². The molecule has 0 aliphatic carbocycles. The Morgan fingerprint density at radius 2 is 2.00 bits per heavy atom. The number of aromatic nitrogens is 1. The van der Waals surface area contributed by atoms with Crippen LogP contribution in [0.25, 0.3) is 11.0 Å². The maximum absolute atomic E-state index is 12.3. The molecule has 0 bridgehead atoms. The second kappa shape index (κ2) is 8.75. The normalized spacial score (nSPS) is 16.9. The predicted octanol–water partition coefficient (Wildman–Crippen LogP) is 3.21. The van der Waals surface area contributed by atoms with Crippen molar-refractivity contribution in [1.82, 2.24) is 15.4 Å². The molecule has 2 heterocycles. The van der Waals surface area contributed by atoms with Crippen LogP contribution in [0.4, 0.5) is 4.79 Å². The first-order valence-electron chi connectivity index (χ1n) is 9.46. The molecule has 0 unspecified atom stereocenters. The Hall–Kier alpha value is -3.06. The van der Waals surface area contributed by atoms with Gasteiger partial charge in [-0.15, -0.1) is 0 Å². The second-order valence-electron chi connectivity index (χ2n) is 6.76. The molecule has 1 aromatic heterocycles. The molecule has 2 aromatic carbocycles. The number of nitrogens with zero attached hydrogens (tertiary/aromatic N) is 2. The SMILES string of the molecule is O=C(OCc1ccccc1)N1CCN[C@H](CCOc2noc3ccccc23)C1. The fourth-order valence-electron chi connectivity index (χ4n) is 3.26. The number of fused-ring (bicyclic) bond motifs is 1. The lowest BCUT2D eigenvalue weighted by molar-refractivity contribution is 0.0826. The minimum absolute atomic E-state index is 0.149. The van der Waals surface area contributed by atoms with Gasteiger partial charge in [0.05, 0.1) is 12.0 Å². The lowest BCUT2D eigenvalue weighted by Gasteiger charge is -2.33. The number of piperazine rings is 1. The number of carbonyl (C=O) groups is 1. The lowest BCUT2D eigenvalue weighted by Crippen LogP contribution is -2.53. The van der Waals surface area contributed by atoms with Crippen molar-refractivity contribution in [2.75, 3.05) is 26.2 Å². The monoisotopic (exact) mass is 381 g/mol. The molecule has 146 valence electrons. The molecule has 0 spiro atoms. The molecule has 1 atom stereocenters. The topological polar surface area (TPSA) is 76.8 Å². The van der Waals surface area contributed by atoms with E-state index in [0.29, 0.717) is 31.2 Å². The van der Waals surface area contributed by atoms with Crippen molar-refractivity contribution in [2.24, 2.45) is 0 Å². The molecule has 0 saturated carbocycles. The zero-order chi connectivity index (χ0) is 19.2. The first-order valence-corrected chi connectivity index (χ1v) is 9.46. The minimum atomic E-state index is -0.279. The van der Waals surface area contributed by atoms with Gasteiger partial charge in [0.15, 0.2) is 5.58 Å². The summed E-state index contributed by atoms with van der Waals surface area (Å²) in [5, 5.41) is 8.26. The molecular formula is C21H23N3O4. The van der Waals surface area contributed by atoms with Gasteiger partial charge in [0.2, 0.25) is 0 Å². The molecule has 3 aromatic rings. The molecule has 0 radical (unpaired) electrons. The molecule has 28 heavy (non-hydrogen) atoms. The highest BCUT2D eigenvalue weighted by molar-refractivity contribution is 5.81. The summed E-state index contributed by atoms with van der Waals surface area (Å²) in [6, 6.07) is 17.4. The Balaban J connectivity index is 1.24. The highest BCUT2D eigenvalue weighted by Gasteiger charge is 2.24. The van der Waals surface area contributed by atoms with Gasteiger partial charge < -0.3 is 24.2 Å². The maximum atomic E-state index is 12.3. The first-order chi connectivity index (χ1) is 13.8. The van der Waals surface area contributed by atoms with Gasteiger partial charge in [-0.2, -0.15) is 0 Å². The highest BCUT2D eigenvalue weighted by Crippen LogP contribution is 2.24. The third-order valence-electron chi connectivity index (χ3n) is 4.77. The summed E-state index contributed by atoms with van der Waals surface area (Å²) >= 11 is 0. The van der Waals surface area contributed by atoms with Gasteiger partial charge in [-0.1, -0.05) is 42.5 Å². The Bertz CT molecular complexity index is 912. The standard InChI is InChI=1S/C21H23N3O4/c25-21(27-15-16-6-2-1-3-7-16)24-12-11-22-17(14-24)10-13-26-20-18-8-4-5-9-19(18)28-23-20/h1-9,17,22H,10-15H2/t17-/m1/s1. The van der Waals surface area contributed by atoms with Crippen molar-refractivity contribution >= 4 is 17.1 Å². The van der Waals surface area contributed by atoms with Crippen molar-refractivity contribution in [3.63, 3.8) is 0 Å². The Kier molecular flexibility index (Phi) is 5.72. The quantitative estimate of drug-likeness (QED) is 0.707. The van der Waals surface area contributed by atoms with Gasteiger partial charge in [0.25, 0.3) is 5.88 Å². The number of amides is 1. The number of hydrogen-bond acceptors (Lipinski definition) is 6. The van der Waals surface area contributed by atoms with Crippen LogP contribution < -0.4 is 10.1 Å². The fraction of sp³-hybridized carbons (Fsp3) is 0.333. The van der Waals surface area contributed by atoms with E-state index in [9.17, 15) is 4.79 Å². The summed E-state index contributed by atoms with van der Waals surface area (Å²) in [6.07, 6.45) is 0.475. The largest absolute Gasteiger partial charge is 0.475 e. The van der Waals surface area contributed by atoms with Crippen LogP contribution in [0.2, 0.25) is 0 Å². The third kappa shape index (κ3) is 4.43. The van der Waals surface area contributed by atoms with E-state index in [-0.39, 0.29) is 18.7 Å². The molecule has 1 saturated heterocycles. The van der Waals surface area contributed by atoms with E-state index < -0.39 is 0 Å². The van der Waals surface area contributed by atoms with Gasteiger partial charge in [-0.05, 0) is 29.3 Å². The van der Waals surface area contributed by atoms with E-state index >= 15 is 0 Å². The van der Waals surface area contributed by atoms with E-state index in [1.165, 1.54) is 0 Å². The van der Waals surface area contributed by atoms with Gasteiger partial charge in [-0.3, -0.25) is 0 Å². The average molecular weight is 381 g/mol. The maximum Gasteiger partial charge on any atom is 0.410 e. The van der Waals surface area contributed by atoms with Gasteiger partial charge >= 0.3 is 6.09 Å². The zero-order valence-electron chi connectivity index (χ0n) is 15.5. The molecule has 1 aliphatic heterocycles. The van der Waals surface area contributed by atoms with Crippen molar-refractivity contribution in [2.45, 2.75) is 19.1 Å². The summed E-state index contributed by atoms with van der Waals surface area (Å²) in [4.78, 5) is 14.1. The van der Waals surface area contributed by atoms with Crippen LogP contribution in [-0.4, -0.2) is 48.4 Å². The van der Waals surface area contributed by atoms with Crippen LogP contribution in [-0.2, 0) is 11.3 Å². The average Bonchev–Trinajstić information content (AvgIpc) is 3.16. The molecule has 4 rings (SSSR count). The summed E-state index contributed by atoms with van der Waals surface area (Å²) in [7, 11) is 0. The van der Waals surface area contributed by atoms with Gasteiger partial charge in [-0.25, -0.2) is 4.79 Å². The number of carbonyl (C=O) groups excluding carboxylic acids is 1. The van der Waals surface area contributed by atoms with Crippen molar-refractivity contribution in [3.8, 4) is 5.88 Å². The fourth-order valence-corrected chi connectivity index (χ4v) is 3.26. The van der Waals surface area contributed by atoms with Crippen molar-refractivity contribution in [1.29, 1.82) is 0 Å². The minimum Gasteiger partial charge on any atom is -0.475 e. The van der Waals surface area contributed by atoms with Crippen molar-refractivity contribution < 1.29 is 18.8 Å². The first kappa shape index (κ1) is 18.3. The Labute approximate surface area is 163 Å². The predicted molar refractivity (Wildman–Crippen MR) is 104 cm³/mol. The van der Waals surface area contributed by atoms with Crippen LogP contribution in [0, 0.1) is 0 Å². The lowest BCUT2D eigenvalue weighted by atomic mass is 10.1. The number of ether oxygens (including phenoxy) is 2. The molecule has 7 nitrogen and oxygen atoms in total. The molecular weight excluding hydrogens is 358 g/mol. The Morgan fingerprint density at radius 1 is 1.18 bits per heavy atom. The summed E-state index contributed by atoms with van der Waals surface area (Å²) < 4.78 is 16.5. The highest BCUT2D eigenvalue weighted by atomic mass is 16.6. The van der Waals surface area contributed by atoms with E-state index in [1.54, 1.807) is 4.90 Å². The molecule has 1 fully saturated rings. The number of hydrogen-bond donors (Lipinski definition) is 1. The van der Waals surface area contributed by atoms with Crippen LogP contribution in [0.15, 0.2) is 59.1 Å². The number of nitrogens with one attached hydrogen (secondary N) is 1. The molecule has 1 amide bonds. The second-order valence-corrected chi connectivity index (χ2v) is 6.76. The van der Waals surface area contributed by atoms with E-state index in [0.717, 1.165) is 23.9 Å². The van der Waals surface area contributed by atoms with Crippen LogP contribution in [0.3, 0.4) is 0 Å². The Morgan fingerprint density at radius 3 is 2.89 bits per heavy atom. The number of para-hydroxylation sites is 1. The summed E-state index contributed by atoms with van der Waals surface area (Å²) in [5.41, 5.74) is 1.69. The molecule has 1 N–H and O–H groups in total.